The van der Waals surface area contributed by atoms with Crippen LogP contribution in [-0.4, -0.2) is 31.5 Å². The number of nitrogens with one attached hydrogen (secondary N) is 1. The molecule has 1 heterocycles. The fraction of sp³-hybridized carbons (Fsp3) is 0.571. The van der Waals surface area contributed by atoms with Crippen LogP contribution in [0.25, 0.3) is 0 Å². The first-order valence-electron chi connectivity index (χ1n) is 6.59. The highest BCUT2D eigenvalue weighted by molar-refractivity contribution is 5.44. The molecule has 19 heavy (non-hydrogen) atoms. The largest absolute Gasteiger partial charge is 0.486 e. The summed E-state index contributed by atoms with van der Waals surface area (Å²) in [6, 6.07) is 5.47. The standard InChI is InChI=1S/C14H21NO4/c1-10(2)9-19-15-8-12(16)11-3-4-13-14(7-11)18-6-5-17-13/h3-4,7,10,12,15-16H,5-6,8-9H2,1-2H3. The predicted molar refractivity (Wildman–Crippen MR) is 71.2 cm³/mol. The molecule has 1 aliphatic heterocycles. The van der Waals surface area contributed by atoms with E-state index in [1.54, 1.807) is 0 Å². The molecular formula is C14H21NO4. The van der Waals surface area contributed by atoms with E-state index in [1.807, 2.05) is 18.2 Å². The first-order chi connectivity index (χ1) is 9.16. The minimum absolute atomic E-state index is 0.340. The van der Waals surface area contributed by atoms with Gasteiger partial charge in [-0.05, 0) is 23.6 Å². The molecule has 1 aliphatic rings. The molecule has 1 aromatic carbocycles. The quantitative estimate of drug-likeness (QED) is 0.606. The summed E-state index contributed by atoms with van der Waals surface area (Å²) in [6.07, 6.45) is -0.636. The third-order valence-corrected chi connectivity index (χ3v) is 2.75. The van der Waals surface area contributed by atoms with Crippen LogP contribution in [0.5, 0.6) is 11.5 Å². The third-order valence-electron chi connectivity index (χ3n) is 2.75. The van der Waals surface area contributed by atoms with Crippen LogP contribution in [0.15, 0.2) is 18.2 Å². The zero-order valence-corrected chi connectivity index (χ0v) is 11.4. The van der Waals surface area contributed by atoms with Crippen molar-refractivity contribution in [1.29, 1.82) is 0 Å². The van der Waals surface area contributed by atoms with Crippen LogP contribution in [-0.2, 0) is 4.84 Å². The van der Waals surface area contributed by atoms with Gasteiger partial charge in [0.05, 0.1) is 19.3 Å². The van der Waals surface area contributed by atoms with Gasteiger partial charge in [0.2, 0.25) is 0 Å². The lowest BCUT2D eigenvalue weighted by Gasteiger charge is -2.20. The molecule has 0 aromatic heterocycles. The maximum Gasteiger partial charge on any atom is 0.161 e. The lowest BCUT2D eigenvalue weighted by atomic mass is 10.1. The van der Waals surface area contributed by atoms with Crippen molar-refractivity contribution < 1.29 is 19.4 Å². The average molecular weight is 267 g/mol. The molecule has 0 radical (unpaired) electrons. The van der Waals surface area contributed by atoms with Crippen molar-refractivity contribution >= 4 is 0 Å². The number of benzene rings is 1. The van der Waals surface area contributed by atoms with Crippen molar-refractivity contribution in [3.8, 4) is 11.5 Å². The van der Waals surface area contributed by atoms with Gasteiger partial charge in [0.1, 0.15) is 13.2 Å². The monoisotopic (exact) mass is 267 g/mol. The summed E-state index contributed by atoms with van der Waals surface area (Å²) in [6.45, 7) is 6.21. The highest BCUT2D eigenvalue weighted by Gasteiger charge is 2.15. The molecule has 106 valence electrons. The number of aliphatic hydroxyl groups is 1. The maximum absolute atomic E-state index is 10.0. The Morgan fingerprint density at radius 2 is 2.00 bits per heavy atom. The molecule has 1 aromatic rings. The van der Waals surface area contributed by atoms with E-state index in [-0.39, 0.29) is 0 Å². The Morgan fingerprint density at radius 1 is 1.26 bits per heavy atom. The summed E-state index contributed by atoms with van der Waals surface area (Å²) >= 11 is 0. The van der Waals surface area contributed by atoms with Crippen molar-refractivity contribution in [3.05, 3.63) is 23.8 Å². The molecule has 0 amide bonds. The van der Waals surface area contributed by atoms with E-state index in [0.29, 0.717) is 38.0 Å². The van der Waals surface area contributed by atoms with Gasteiger partial charge >= 0.3 is 0 Å². The second-order valence-electron chi connectivity index (χ2n) is 4.97. The van der Waals surface area contributed by atoms with Crippen LogP contribution in [0.1, 0.15) is 25.5 Å². The molecule has 5 heteroatoms. The summed E-state index contributed by atoms with van der Waals surface area (Å²) < 4.78 is 10.9. The number of hydroxylamine groups is 1. The van der Waals surface area contributed by atoms with E-state index in [0.717, 1.165) is 11.3 Å². The van der Waals surface area contributed by atoms with Gasteiger partial charge in [-0.1, -0.05) is 19.9 Å². The highest BCUT2D eigenvalue weighted by Crippen LogP contribution is 2.32. The molecule has 2 rings (SSSR count). The van der Waals surface area contributed by atoms with Gasteiger partial charge in [-0.2, -0.15) is 5.48 Å². The van der Waals surface area contributed by atoms with E-state index in [2.05, 4.69) is 19.3 Å². The Morgan fingerprint density at radius 3 is 2.74 bits per heavy atom. The van der Waals surface area contributed by atoms with Gasteiger partial charge in [-0.25, -0.2) is 0 Å². The van der Waals surface area contributed by atoms with Crippen LogP contribution in [0.2, 0.25) is 0 Å². The van der Waals surface area contributed by atoms with Gasteiger partial charge in [0, 0.05) is 0 Å². The summed E-state index contributed by atoms with van der Waals surface area (Å²) in [5, 5.41) is 10.0. The number of rotatable bonds is 6. The lowest BCUT2D eigenvalue weighted by Crippen LogP contribution is -2.24. The fourth-order valence-electron chi connectivity index (χ4n) is 1.75. The van der Waals surface area contributed by atoms with Crippen LogP contribution in [0.4, 0.5) is 0 Å². The Hall–Kier alpha value is -1.30. The second-order valence-corrected chi connectivity index (χ2v) is 4.97. The van der Waals surface area contributed by atoms with Crippen molar-refractivity contribution in [2.45, 2.75) is 20.0 Å². The zero-order chi connectivity index (χ0) is 13.7. The summed E-state index contributed by atoms with van der Waals surface area (Å²) in [5.74, 6) is 1.87. The summed E-state index contributed by atoms with van der Waals surface area (Å²) in [4.78, 5) is 5.23. The minimum Gasteiger partial charge on any atom is -0.486 e. The Kier molecular flexibility index (Phi) is 5.01. The smallest absolute Gasteiger partial charge is 0.161 e. The Balaban J connectivity index is 1.86. The molecule has 0 spiro atoms. The van der Waals surface area contributed by atoms with Crippen molar-refractivity contribution in [3.63, 3.8) is 0 Å². The van der Waals surface area contributed by atoms with Crippen LogP contribution < -0.4 is 15.0 Å². The molecule has 0 fully saturated rings. The van der Waals surface area contributed by atoms with Gasteiger partial charge in [0.15, 0.2) is 11.5 Å². The first kappa shape index (κ1) is 14.1. The molecule has 5 nitrogen and oxygen atoms in total. The number of fused-ring (bicyclic) bond motifs is 1. The molecule has 0 bridgehead atoms. The molecule has 1 atom stereocenters. The maximum atomic E-state index is 10.0. The SMILES string of the molecule is CC(C)CONCC(O)c1ccc2c(c1)OCCO2. The van der Waals surface area contributed by atoms with Crippen LogP contribution in [0, 0.1) is 5.92 Å². The zero-order valence-electron chi connectivity index (χ0n) is 11.4. The van der Waals surface area contributed by atoms with Gasteiger partial charge in [-0.15, -0.1) is 0 Å². The van der Waals surface area contributed by atoms with E-state index >= 15 is 0 Å². The summed E-state index contributed by atoms with van der Waals surface area (Å²) in [5.41, 5.74) is 3.56. The van der Waals surface area contributed by atoms with Crippen LogP contribution in [0.3, 0.4) is 0 Å². The number of aliphatic hydroxyl groups excluding tert-OH is 1. The third kappa shape index (κ3) is 4.09. The lowest BCUT2D eigenvalue weighted by molar-refractivity contribution is 0.000268. The normalized spacial score (nSPS) is 15.6. The summed E-state index contributed by atoms with van der Waals surface area (Å²) in [7, 11) is 0. The second kappa shape index (κ2) is 6.75. The molecule has 0 saturated carbocycles. The molecule has 0 aliphatic carbocycles. The average Bonchev–Trinajstić information content (AvgIpc) is 2.42. The van der Waals surface area contributed by atoms with Gasteiger partial charge in [-0.3, -0.25) is 0 Å². The molecular weight excluding hydrogens is 246 g/mol. The Labute approximate surface area is 113 Å². The number of hydrogen-bond donors (Lipinski definition) is 2. The number of hydrogen-bond acceptors (Lipinski definition) is 5. The van der Waals surface area contributed by atoms with Crippen molar-refractivity contribution in [2.75, 3.05) is 26.4 Å². The molecule has 2 N–H and O–H groups in total. The molecule has 0 saturated heterocycles. The predicted octanol–water partition coefficient (Wildman–Crippen LogP) is 1.67. The first-order valence-corrected chi connectivity index (χ1v) is 6.59. The minimum atomic E-state index is -0.636. The van der Waals surface area contributed by atoms with Crippen LogP contribution >= 0.6 is 0 Å². The fourth-order valence-corrected chi connectivity index (χ4v) is 1.75. The van der Waals surface area contributed by atoms with Gasteiger partial charge < -0.3 is 19.4 Å². The van der Waals surface area contributed by atoms with E-state index in [4.69, 9.17) is 14.3 Å². The highest BCUT2D eigenvalue weighted by atomic mass is 16.6. The van der Waals surface area contributed by atoms with Crippen molar-refractivity contribution in [1.82, 2.24) is 5.48 Å². The van der Waals surface area contributed by atoms with E-state index < -0.39 is 6.10 Å². The number of ether oxygens (including phenoxy) is 2. The Bertz CT molecular complexity index is 408. The molecule has 1 unspecified atom stereocenters. The topological polar surface area (TPSA) is 60.0 Å². The van der Waals surface area contributed by atoms with Crippen molar-refractivity contribution in [2.24, 2.45) is 5.92 Å². The van der Waals surface area contributed by atoms with E-state index in [1.165, 1.54) is 0 Å². The van der Waals surface area contributed by atoms with E-state index in [9.17, 15) is 5.11 Å². The van der Waals surface area contributed by atoms with Gasteiger partial charge in [0.25, 0.3) is 0 Å².